The predicted molar refractivity (Wildman–Crippen MR) is 96.2 cm³/mol. The van der Waals surface area contributed by atoms with Gasteiger partial charge in [-0.25, -0.2) is 0 Å². The van der Waals surface area contributed by atoms with Gasteiger partial charge in [0.15, 0.2) is 0 Å². The highest BCUT2D eigenvalue weighted by atomic mass is 16.5. The highest BCUT2D eigenvalue weighted by molar-refractivity contribution is 5.75. The predicted octanol–water partition coefficient (Wildman–Crippen LogP) is 3.74. The van der Waals surface area contributed by atoms with E-state index in [4.69, 9.17) is 4.74 Å². The van der Waals surface area contributed by atoms with Gasteiger partial charge in [0.1, 0.15) is 0 Å². The minimum atomic E-state index is -0.883. The van der Waals surface area contributed by atoms with E-state index in [9.17, 15) is 14.7 Å². The van der Waals surface area contributed by atoms with Gasteiger partial charge in [-0.05, 0) is 37.3 Å². The SMILES string of the molecule is CCOC(=O)[C@@H](Cc1ccccc1)C[C@H](Cc1ccccc1)C(=O)O. The van der Waals surface area contributed by atoms with Crippen molar-refractivity contribution < 1.29 is 19.4 Å². The van der Waals surface area contributed by atoms with Gasteiger partial charge >= 0.3 is 11.9 Å². The van der Waals surface area contributed by atoms with Crippen LogP contribution in [-0.2, 0) is 27.2 Å². The maximum atomic E-state index is 12.3. The van der Waals surface area contributed by atoms with Crippen LogP contribution in [0.15, 0.2) is 60.7 Å². The van der Waals surface area contributed by atoms with E-state index >= 15 is 0 Å². The Morgan fingerprint density at radius 1 is 0.880 bits per heavy atom. The van der Waals surface area contributed by atoms with E-state index in [0.717, 1.165) is 11.1 Å². The molecule has 2 atom stereocenters. The van der Waals surface area contributed by atoms with Crippen LogP contribution in [0.3, 0.4) is 0 Å². The van der Waals surface area contributed by atoms with Crippen LogP contribution in [0.2, 0.25) is 0 Å². The summed E-state index contributed by atoms with van der Waals surface area (Å²) in [5.74, 6) is -2.30. The van der Waals surface area contributed by atoms with Gasteiger partial charge in [0.25, 0.3) is 0 Å². The van der Waals surface area contributed by atoms with Crippen molar-refractivity contribution in [1.29, 1.82) is 0 Å². The molecule has 0 amide bonds. The zero-order valence-electron chi connectivity index (χ0n) is 14.4. The molecule has 0 aliphatic heterocycles. The number of ether oxygens (including phenoxy) is 1. The summed E-state index contributed by atoms with van der Waals surface area (Å²) in [6.07, 6.45) is 1.15. The number of benzene rings is 2. The fourth-order valence-electron chi connectivity index (χ4n) is 2.94. The number of esters is 1. The second-order valence-electron chi connectivity index (χ2n) is 6.10. The summed E-state index contributed by atoms with van der Waals surface area (Å²) in [4.78, 5) is 24.1. The molecule has 0 bridgehead atoms. The Bertz CT molecular complexity index is 667. The molecule has 132 valence electrons. The summed E-state index contributed by atoms with van der Waals surface area (Å²) < 4.78 is 5.18. The molecular weight excluding hydrogens is 316 g/mol. The second-order valence-corrected chi connectivity index (χ2v) is 6.10. The van der Waals surface area contributed by atoms with Crippen LogP contribution >= 0.6 is 0 Å². The summed E-state index contributed by atoms with van der Waals surface area (Å²) in [5, 5.41) is 9.61. The standard InChI is InChI=1S/C21H24O4/c1-2-25-21(24)19(14-17-11-7-4-8-12-17)15-18(20(22)23)13-16-9-5-3-6-10-16/h3-12,18-19H,2,13-15H2,1H3,(H,22,23)/t18-,19-/m0/s1. The molecule has 0 saturated heterocycles. The lowest BCUT2D eigenvalue weighted by Gasteiger charge is -2.20. The van der Waals surface area contributed by atoms with Crippen LogP contribution in [0.4, 0.5) is 0 Å². The van der Waals surface area contributed by atoms with Crippen LogP contribution in [0.25, 0.3) is 0 Å². The van der Waals surface area contributed by atoms with E-state index in [1.807, 2.05) is 60.7 Å². The molecule has 0 spiro atoms. The van der Waals surface area contributed by atoms with Crippen molar-refractivity contribution in [3.8, 4) is 0 Å². The zero-order chi connectivity index (χ0) is 18.1. The number of carboxylic acids is 1. The molecule has 0 radical (unpaired) electrons. The molecule has 0 aliphatic carbocycles. The molecule has 2 rings (SSSR count). The van der Waals surface area contributed by atoms with E-state index in [1.54, 1.807) is 6.92 Å². The van der Waals surface area contributed by atoms with Crippen molar-refractivity contribution in [3.05, 3.63) is 71.8 Å². The summed E-state index contributed by atoms with van der Waals surface area (Å²) in [6, 6.07) is 19.1. The third kappa shape index (κ3) is 6.07. The van der Waals surface area contributed by atoms with E-state index in [0.29, 0.717) is 19.4 Å². The van der Waals surface area contributed by atoms with Crippen molar-refractivity contribution in [3.63, 3.8) is 0 Å². The van der Waals surface area contributed by atoms with Gasteiger partial charge in [-0.3, -0.25) is 9.59 Å². The molecule has 0 saturated carbocycles. The summed E-state index contributed by atoms with van der Waals surface area (Å²) in [6.45, 7) is 2.05. The van der Waals surface area contributed by atoms with Crippen molar-refractivity contribution in [2.24, 2.45) is 11.8 Å². The largest absolute Gasteiger partial charge is 0.481 e. The van der Waals surface area contributed by atoms with Crippen LogP contribution in [0.5, 0.6) is 0 Å². The Morgan fingerprint density at radius 2 is 1.36 bits per heavy atom. The average Bonchev–Trinajstić information content (AvgIpc) is 2.62. The zero-order valence-corrected chi connectivity index (χ0v) is 14.4. The monoisotopic (exact) mass is 340 g/mol. The van der Waals surface area contributed by atoms with Gasteiger partial charge < -0.3 is 9.84 Å². The third-order valence-electron chi connectivity index (χ3n) is 4.19. The van der Waals surface area contributed by atoms with Crippen LogP contribution in [-0.4, -0.2) is 23.7 Å². The number of carbonyl (C=O) groups excluding carboxylic acids is 1. The molecule has 0 aromatic heterocycles. The number of aliphatic carboxylic acids is 1. The smallest absolute Gasteiger partial charge is 0.309 e. The first-order chi connectivity index (χ1) is 12.1. The van der Waals surface area contributed by atoms with E-state index < -0.39 is 17.8 Å². The first-order valence-electron chi connectivity index (χ1n) is 8.57. The Labute approximate surface area is 148 Å². The van der Waals surface area contributed by atoms with Crippen molar-refractivity contribution in [1.82, 2.24) is 0 Å². The lowest BCUT2D eigenvalue weighted by atomic mass is 9.86. The van der Waals surface area contributed by atoms with Crippen molar-refractivity contribution >= 4 is 11.9 Å². The van der Waals surface area contributed by atoms with Gasteiger partial charge in [-0.1, -0.05) is 60.7 Å². The van der Waals surface area contributed by atoms with E-state index in [1.165, 1.54) is 0 Å². The van der Waals surface area contributed by atoms with Gasteiger partial charge in [-0.2, -0.15) is 0 Å². The molecule has 0 heterocycles. The summed E-state index contributed by atoms with van der Waals surface area (Å²) in [7, 11) is 0. The second kappa shape index (κ2) is 9.62. The Morgan fingerprint density at radius 3 is 1.80 bits per heavy atom. The third-order valence-corrected chi connectivity index (χ3v) is 4.19. The fourth-order valence-corrected chi connectivity index (χ4v) is 2.94. The number of hydrogen-bond donors (Lipinski definition) is 1. The summed E-state index contributed by atoms with van der Waals surface area (Å²) in [5.41, 5.74) is 1.96. The first kappa shape index (κ1) is 18.7. The topological polar surface area (TPSA) is 63.6 Å². The minimum Gasteiger partial charge on any atom is -0.481 e. The average molecular weight is 340 g/mol. The molecule has 0 fully saturated rings. The number of hydrogen-bond acceptors (Lipinski definition) is 3. The van der Waals surface area contributed by atoms with Crippen LogP contribution in [0.1, 0.15) is 24.5 Å². The Hall–Kier alpha value is -2.62. The molecule has 0 aliphatic rings. The molecule has 0 unspecified atom stereocenters. The number of rotatable bonds is 9. The van der Waals surface area contributed by atoms with Gasteiger partial charge in [0, 0.05) is 0 Å². The summed E-state index contributed by atoms with van der Waals surface area (Å²) >= 11 is 0. The molecule has 4 heteroatoms. The van der Waals surface area contributed by atoms with E-state index in [2.05, 4.69) is 0 Å². The normalized spacial score (nSPS) is 13.0. The highest BCUT2D eigenvalue weighted by Gasteiger charge is 2.28. The Kier molecular flexibility index (Phi) is 7.20. The molecule has 2 aromatic carbocycles. The number of carbonyl (C=O) groups is 2. The first-order valence-corrected chi connectivity index (χ1v) is 8.57. The van der Waals surface area contributed by atoms with E-state index in [-0.39, 0.29) is 12.4 Å². The van der Waals surface area contributed by atoms with Crippen molar-refractivity contribution in [2.45, 2.75) is 26.2 Å². The van der Waals surface area contributed by atoms with Crippen LogP contribution in [0, 0.1) is 11.8 Å². The lowest BCUT2D eigenvalue weighted by molar-refractivity contribution is -0.150. The minimum absolute atomic E-state index is 0.262. The molecule has 4 nitrogen and oxygen atoms in total. The van der Waals surface area contributed by atoms with Crippen LogP contribution < -0.4 is 0 Å². The molecule has 1 N–H and O–H groups in total. The lowest BCUT2D eigenvalue weighted by Crippen LogP contribution is -2.27. The Balaban J connectivity index is 2.13. The highest BCUT2D eigenvalue weighted by Crippen LogP contribution is 2.23. The number of carboxylic acid groups (broad SMARTS) is 1. The molecule has 25 heavy (non-hydrogen) atoms. The van der Waals surface area contributed by atoms with Gasteiger partial charge in [0.05, 0.1) is 18.4 Å². The fraction of sp³-hybridized carbons (Fsp3) is 0.333. The van der Waals surface area contributed by atoms with Gasteiger partial charge in [0.2, 0.25) is 0 Å². The molecular formula is C21H24O4. The van der Waals surface area contributed by atoms with Gasteiger partial charge in [-0.15, -0.1) is 0 Å². The maximum absolute atomic E-state index is 12.3. The quantitative estimate of drug-likeness (QED) is 0.706. The molecule has 2 aromatic rings. The maximum Gasteiger partial charge on any atom is 0.309 e. The van der Waals surface area contributed by atoms with Crippen molar-refractivity contribution in [2.75, 3.05) is 6.61 Å².